The molecule has 0 bridgehead atoms. The number of hydrogen-bond acceptors (Lipinski definition) is 4. The molecule has 0 saturated carbocycles. The molecule has 8 heteroatoms. The van der Waals surface area contributed by atoms with E-state index in [0.717, 1.165) is 11.1 Å². The summed E-state index contributed by atoms with van der Waals surface area (Å²) in [5.74, 6) is -0.649. The van der Waals surface area contributed by atoms with Crippen molar-refractivity contribution in [2.75, 3.05) is 14.1 Å². The number of rotatable bonds is 4. The van der Waals surface area contributed by atoms with Crippen molar-refractivity contribution < 1.29 is 18.0 Å². The Morgan fingerprint density at radius 3 is 2.19 bits per heavy atom. The van der Waals surface area contributed by atoms with E-state index >= 15 is 0 Å². The van der Waals surface area contributed by atoms with Crippen LogP contribution in [0.1, 0.15) is 21.5 Å². The predicted octanol–water partition coefficient (Wildman–Crippen LogP) is 0.908. The first-order valence-electron chi connectivity index (χ1n) is 8.51. The lowest BCUT2D eigenvalue weighted by Gasteiger charge is -2.34. The monoisotopic (exact) mass is 387 g/mol. The second-order valence-electron chi connectivity index (χ2n) is 6.26. The number of hydrogen-bond donors (Lipinski definition) is 2. The quantitative estimate of drug-likeness (QED) is 0.815. The van der Waals surface area contributed by atoms with Crippen molar-refractivity contribution in [1.82, 2.24) is 14.9 Å². The van der Waals surface area contributed by atoms with Crippen molar-refractivity contribution in [3.05, 3.63) is 65.2 Å². The molecule has 1 heterocycles. The van der Waals surface area contributed by atoms with E-state index in [1.165, 1.54) is 42.7 Å². The molecule has 2 N–H and O–H groups in total. The van der Waals surface area contributed by atoms with Crippen LogP contribution in [0.4, 0.5) is 0 Å². The van der Waals surface area contributed by atoms with Gasteiger partial charge in [-0.2, -0.15) is 4.31 Å². The second kappa shape index (κ2) is 7.50. The maximum absolute atomic E-state index is 13.2. The van der Waals surface area contributed by atoms with Crippen LogP contribution in [0.25, 0.3) is 0 Å². The van der Waals surface area contributed by atoms with Gasteiger partial charge in [-0.1, -0.05) is 24.3 Å². The van der Waals surface area contributed by atoms with Crippen molar-refractivity contribution in [2.45, 2.75) is 23.9 Å². The number of nitrogens with zero attached hydrogens (tertiary/aromatic N) is 1. The van der Waals surface area contributed by atoms with Crippen LogP contribution >= 0.6 is 0 Å². The van der Waals surface area contributed by atoms with Gasteiger partial charge in [0.1, 0.15) is 6.04 Å². The summed E-state index contributed by atoms with van der Waals surface area (Å²) in [4.78, 5) is 24.1. The molecule has 0 fully saturated rings. The van der Waals surface area contributed by atoms with Gasteiger partial charge < -0.3 is 10.6 Å². The number of fused-ring (bicyclic) bond motifs is 1. The minimum atomic E-state index is -3.92. The molecule has 0 aromatic heterocycles. The van der Waals surface area contributed by atoms with Gasteiger partial charge in [-0.15, -0.1) is 0 Å². The van der Waals surface area contributed by atoms with Crippen molar-refractivity contribution in [2.24, 2.45) is 0 Å². The zero-order valence-electron chi connectivity index (χ0n) is 15.1. The molecule has 142 valence electrons. The van der Waals surface area contributed by atoms with Crippen LogP contribution in [0.2, 0.25) is 0 Å². The molecule has 2 aromatic rings. The summed E-state index contributed by atoms with van der Waals surface area (Å²) in [6.45, 7) is 0.119. The van der Waals surface area contributed by atoms with Gasteiger partial charge >= 0.3 is 0 Å². The third-order valence-electron chi connectivity index (χ3n) is 4.70. The molecular formula is C19H21N3O4S. The van der Waals surface area contributed by atoms with E-state index in [0.29, 0.717) is 12.0 Å². The van der Waals surface area contributed by atoms with Crippen LogP contribution < -0.4 is 10.6 Å². The highest BCUT2D eigenvalue weighted by molar-refractivity contribution is 7.89. The maximum Gasteiger partial charge on any atom is 0.251 e. The van der Waals surface area contributed by atoms with Crippen LogP contribution in [0.15, 0.2) is 53.4 Å². The van der Waals surface area contributed by atoms with E-state index in [4.69, 9.17) is 0 Å². The maximum atomic E-state index is 13.2. The summed E-state index contributed by atoms with van der Waals surface area (Å²) in [6, 6.07) is 12.4. The number of amides is 2. The fraction of sp³-hybridized carbons (Fsp3) is 0.263. The largest absolute Gasteiger partial charge is 0.358 e. The molecule has 0 radical (unpaired) electrons. The summed E-state index contributed by atoms with van der Waals surface area (Å²) < 4.78 is 27.7. The molecule has 0 unspecified atom stereocenters. The zero-order chi connectivity index (χ0) is 19.6. The zero-order valence-corrected chi connectivity index (χ0v) is 15.9. The van der Waals surface area contributed by atoms with Gasteiger partial charge in [0.2, 0.25) is 15.9 Å². The first-order valence-corrected chi connectivity index (χ1v) is 9.95. The Hall–Kier alpha value is -2.71. The number of carbonyl (C=O) groups excluding carboxylic acids is 2. The fourth-order valence-electron chi connectivity index (χ4n) is 3.20. The van der Waals surface area contributed by atoms with Crippen LogP contribution in [0, 0.1) is 0 Å². The third kappa shape index (κ3) is 3.58. The number of likely N-dealkylation sites (N-methyl/N-ethyl adjacent to an activating group) is 1. The van der Waals surface area contributed by atoms with E-state index < -0.39 is 16.1 Å². The lowest BCUT2D eigenvalue weighted by molar-refractivity contribution is -0.124. The van der Waals surface area contributed by atoms with Crippen LogP contribution in [-0.4, -0.2) is 44.7 Å². The summed E-state index contributed by atoms with van der Waals surface area (Å²) in [7, 11) is -0.919. The Labute approximate surface area is 158 Å². The fourth-order valence-corrected chi connectivity index (χ4v) is 4.76. The number of carbonyl (C=O) groups is 2. The van der Waals surface area contributed by atoms with Crippen LogP contribution in [0.3, 0.4) is 0 Å². The molecular weight excluding hydrogens is 366 g/mol. The molecule has 7 nitrogen and oxygen atoms in total. The normalized spacial score (nSPS) is 17.0. The number of nitrogens with one attached hydrogen (secondary N) is 2. The standard InChI is InChI=1S/C19H21N3O4S/c1-20-18(23)13-7-9-16(10-8-13)27(25,26)22-12-15-6-4-3-5-14(15)11-17(22)19(24)21-2/h3-10,17H,11-12H2,1-2H3,(H,20,23)(H,21,24)/t17-/m1/s1. The number of sulfonamides is 1. The first-order chi connectivity index (χ1) is 12.9. The molecule has 0 spiro atoms. The molecule has 1 aliphatic heterocycles. The average Bonchev–Trinajstić information content (AvgIpc) is 2.71. The summed E-state index contributed by atoms with van der Waals surface area (Å²) in [6.07, 6.45) is 0.311. The van der Waals surface area contributed by atoms with Crippen molar-refractivity contribution in [3.8, 4) is 0 Å². The lowest BCUT2D eigenvalue weighted by atomic mass is 9.95. The topological polar surface area (TPSA) is 95.6 Å². The van der Waals surface area contributed by atoms with E-state index in [1.54, 1.807) is 0 Å². The third-order valence-corrected chi connectivity index (χ3v) is 6.57. The Morgan fingerprint density at radius 2 is 1.59 bits per heavy atom. The van der Waals surface area contributed by atoms with Gasteiger partial charge in [-0.3, -0.25) is 9.59 Å². The number of benzene rings is 2. The molecule has 1 aliphatic rings. The highest BCUT2D eigenvalue weighted by Gasteiger charge is 2.39. The summed E-state index contributed by atoms with van der Waals surface area (Å²) in [5.41, 5.74) is 2.21. The van der Waals surface area contributed by atoms with Crippen molar-refractivity contribution in [3.63, 3.8) is 0 Å². The minimum absolute atomic E-state index is 0.0448. The second-order valence-corrected chi connectivity index (χ2v) is 8.15. The highest BCUT2D eigenvalue weighted by atomic mass is 32.2. The predicted molar refractivity (Wildman–Crippen MR) is 101 cm³/mol. The smallest absolute Gasteiger partial charge is 0.251 e. The Kier molecular flexibility index (Phi) is 5.29. The van der Waals surface area contributed by atoms with Gasteiger partial charge in [0.05, 0.1) is 4.90 Å². The van der Waals surface area contributed by atoms with Crippen molar-refractivity contribution >= 4 is 21.8 Å². The average molecular weight is 387 g/mol. The Morgan fingerprint density at radius 1 is 0.963 bits per heavy atom. The lowest BCUT2D eigenvalue weighted by Crippen LogP contribution is -2.51. The van der Waals surface area contributed by atoms with E-state index in [1.807, 2.05) is 24.3 Å². The Bertz CT molecular complexity index is 971. The first kappa shape index (κ1) is 19.1. The van der Waals surface area contributed by atoms with Gasteiger partial charge in [0.25, 0.3) is 5.91 Å². The molecule has 1 atom stereocenters. The molecule has 0 saturated heterocycles. The van der Waals surface area contributed by atoms with Crippen LogP contribution in [0.5, 0.6) is 0 Å². The van der Waals surface area contributed by atoms with Gasteiger partial charge in [0.15, 0.2) is 0 Å². The SMILES string of the molecule is CNC(=O)c1ccc(S(=O)(=O)N2Cc3ccccc3C[C@@H]2C(=O)NC)cc1. The summed E-state index contributed by atoms with van der Waals surface area (Å²) in [5, 5.41) is 5.04. The van der Waals surface area contributed by atoms with Gasteiger partial charge in [-0.25, -0.2) is 8.42 Å². The van der Waals surface area contributed by atoms with Crippen LogP contribution in [-0.2, 0) is 27.8 Å². The van der Waals surface area contributed by atoms with Crippen molar-refractivity contribution in [1.29, 1.82) is 0 Å². The van der Waals surface area contributed by atoms with E-state index in [2.05, 4.69) is 10.6 Å². The van der Waals surface area contributed by atoms with E-state index in [-0.39, 0.29) is 23.3 Å². The molecule has 0 aliphatic carbocycles. The summed E-state index contributed by atoms with van der Waals surface area (Å²) >= 11 is 0. The van der Waals surface area contributed by atoms with Gasteiger partial charge in [-0.05, 0) is 41.8 Å². The molecule has 27 heavy (non-hydrogen) atoms. The van der Waals surface area contributed by atoms with Gasteiger partial charge in [0, 0.05) is 26.2 Å². The Balaban J connectivity index is 2.00. The molecule has 2 amide bonds. The van der Waals surface area contributed by atoms with E-state index in [9.17, 15) is 18.0 Å². The minimum Gasteiger partial charge on any atom is -0.358 e. The molecule has 2 aromatic carbocycles. The highest BCUT2D eigenvalue weighted by Crippen LogP contribution is 2.29. The molecule has 3 rings (SSSR count).